The lowest BCUT2D eigenvalue weighted by molar-refractivity contribution is -0.384. The van der Waals surface area contributed by atoms with Gasteiger partial charge in [0.1, 0.15) is 0 Å². The second-order valence-electron chi connectivity index (χ2n) is 5.03. The van der Waals surface area contributed by atoms with Gasteiger partial charge in [-0.1, -0.05) is 36.4 Å². The molecule has 2 aromatic rings. The van der Waals surface area contributed by atoms with Crippen molar-refractivity contribution in [1.29, 1.82) is 0 Å². The lowest BCUT2D eigenvalue weighted by Crippen LogP contribution is -2.37. The maximum Gasteiger partial charge on any atom is 0.312 e. The molecule has 0 unspecified atom stereocenters. The second-order valence-corrected chi connectivity index (χ2v) is 6.85. The molecule has 0 heterocycles. The van der Waals surface area contributed by atoms with Crippen molar-refractivity contribution in [1.82, 2.24) is 4.31 Å². The molecule has 0 fully saturated rings. The summed E-state index contributed by atoms with van der Waals surface area (Å²) in [4.78, 5) is 34.4. The standard InChI is InChI=1S/C17H14N2O6S/c1-2-12-18(17(21)16(20)13-6-4-3-5-7-13)26(24,25)15-10-8-14(9-11-15)19(22)23/h2-12H,1H3/b12-2+. The number of hydrogen-bond acceptors (Lipinski definition) is 6. The highest BCUT2D eigenvalue weighted by atomic mass is 32.2. The number of Topliss-reactive ketones (excluding diaryl/α,β-unsaturated/α-hetero) is 1. The molecule has 26 heavy (non-hydrogen) atoms. The SMILES string of the molecule is C/C=C/N(C(=O)C(=O)c1ccccc1)S(=O)(=O)c1ccc([N+](=O)[O-])cc1. The lowest BCUT2D eigenvalue weighted by atomic mass is 10.1. The first-order chi connectivity index (χ1) is 12.3. The third kappa shape index (κ3) is 3.83. The van der Waals surface area contributed by atoms with Gasteiger partial charge in [0.15, 0.2) is 0 Å². The van der Waals surface area contributed by atoms with E-state index in [-0.39, 0.29) is 16.1 Å². The molecular weight excluding hydrogens is 360 g/mol. The molecule has 0 aromatic heterocycles. The van der Waals surface area contributed by atoms with Crippen LogP contribution >= 0.6 is 0 Å². The van der Waals surface area contributed by atoms with Gasteiger partial charge >= 0.3 is 5.91 Å². The Morgan fingerprint density at radius 3 is 2.12 bits per heavy atom. The van der Waals surface area contributed by atoms with E-state index < -0.39 is 26.6 Å². The molecule has 2 rings (SSSR count). The monoisotopic (exact) mass is 374 g/mol. The number of carbonyl (C=O) groups excluding carboxylic acids is 2. The van der Waals surface area contributed by atoms with Crippen LogP contribution in [0.4, 0.5) is 5.69 Å². The Bertz CT molecular complexity index is 966. The quantitative estimate of drug-likeness (QED) is 0.332. The van der Waals surface area contributed by atoms with Gasteiger partial charge in [-0.05, 0) is 19.1 Å². The number of nitro groups is 1. The third-order valence-corrected chi connectivity index (χ3v) is 4.99. The Morgan fingerprint density at radius 1 is 1.04 bits per heavy atom. The zero-order valence-electron chi connectivity index (χ0n) is 13.6. The van der Waals surface area contributed by atoms with Crippen LogP contribution in [0.5, 0.6) is 0 Å². The summed E-state index contributed by atoms with van der Waals surface area (Å²) < 4.78 is 25.7. The van der Waals surface area contributed by atoms with Gasteiger partial charge in [0.05, 0.1) is 9.82 Å². The minimum atomic E-state index is -4.40. The molecule has 0 N–H and O–H groups in total. The Morgan fingerprint density at radius 2 is 1.62 bits per heavy atom. The fraction of sp³-hybridized carbons (Fsp3) is 0.0588. The topological polar surface area (TPSA) is 115 Å². The predicted molar refractivity (Wildman–Crippen MR) is 92.7 cm³/mol. The van der Waals surface area contributed by atoms with Crippen molar-refractivity contribution in [2.45, 2.75) is 11.8 Å². The Hall–Kier alpha value is -3.33. The Balaban J connectivity index is 2.43. The van der Waals surface area contributed by atoms with Crippen LogP contribution in [-0.4, -0.2) is 29.3 Å². The van der Waals surface area contributed by atoms with E-state index in [1.165, 1.54) is 25.1 Å². The van der Waals surface area contributed by atoms with Gasteiger partial charge in [-0.25, -0.2) is 12.7 Å². The zero-order valence-corrected chi connectivity index (χ0v) is 14.4. The molecule has 2 aromatic carbocycles. The fourth-order valence-electron chi connectivity index (χ4n) is 2.06. The van der Waals surface area contributed by atoms with Crippen molar-refractivity contribution < 1.29 is 22.9 Å². The third-order valence-electron chi connectivity index (χ3n) is 3.32. The van der Waals surface area contributed by atoms with E-state index in [4.69, 9.17) is 0 Å². The van der Waals surface area contributed by atoms with Crippen LogP contribution in [0.25, 0.3) is 0 Å². The van der Waals surface area contributed by atoms with Gasteiger partial charge in [0, 0.05) is 23.9 Å². The van der Waals surface area contributed by atoms with E-state index in [9.17, 15) is 28.1 Å². The van der Waals surface area contributed by atoms with E-state index in [0.717, 1.165) is 30.5 Å². The van der Waals surface area contributed by atoms with Gasteiger partial charge in [-0.2, -0.15) is 0 Å². The van der Waals surface area contributed by atoms with Crippen LogP contribution in [0.3, 0.4) is 0 Å². The van der Waals surface area contributed by atoms with Crippen molar-refractivity contribution in [2.75, 3.05) is 0 Å². The highest BCUT2D eigenvalue weighted by Gasteiger charge is 2.32. The van der Waals surface area contributed by atoms with Crippen molar-refractivity contribution in [2.24, 2.45) is 0 Å². The molecule has 0 atom stereocenters. The molecule has 0 saturated heterocycles. The summed E-state index contributed by atoms with van der Waals surface area (Å²) in [7, 11) is -4.40. The molecule has 0 aliphatic heterocycles. The smallest absolute Gasteiger partial charge is 0.283 e. The first-order valence-corrected chi connectivity index (χ1v) is 8.78. The van der Waals surface area contributed by atoms with E-state index in [0.29, 0.717) is 4.31 Å². The molecule has 134 valence electrons. The zero-order chi connectivity index (χ0) is 19.3. The summed E-state index contributed by atoms with van der Waals surface area (Å²) in [5.74, 6) is -2.25. The molecular formula is C17H14N2O6S. The summed E-state index contributed by atoms with van der Waals surface area (Å²) >= 11 is 0. The highest BCUT2D eigenvalue weighted by molar-refractivity contribution is 7.89. The number of allylic oxidation sites excluding steroid dienone is 1. The molecule has 0 aliphatic rings. The number of nitro benzene ring substituents is 1. The number of nitrogens with zero attached hydrogens (tertiary/aromatic N) is 2. The van der Waals surface area contributed by atoms with Crippen LogP contribution in [0.15, 0.2) is 71.8 Å². The molecule has 9 heteroatoms. The number of carbonyl (C=O) groups is 2. The molecule has 0 bridgehead atoms. The van der Waals surface area contributed by atoms with Crippen LogP contribution in [0.1, 0.15) is 17.3 Å². The maximum atomic E-state index is 12.7. The fourth-order valence-corrected chi connectivity index (χ4v) is 3.35. The largest absolute Gasteiger partial charge is 0.312 e. The Kier molecular flexibility index (Phi) is 5.63. The van der Waals surface area contributed by atoms with Gasteiger partial charge in [-0.3, -0.25) is 19.7 Å². The summed E-state index contributed by atoms with van der Waals surface area (Å²) in [5, 5.41) is 10.7. The van der Waals surface area contributed by atoms with Crippen LogP contribution in [-0.2, 0) is 14.8 Å². The van der Waals surface area contributed by atoms with Crippen LogP contribution < -0.4 is 0 Å². The number of sulfonamides is 1. The molecule has 0 spiro atoms. The number of ketones is 1. The number of benzene rings is 2. The van der Waals surface area contributed by atoms with Gasteiger partial charge < -0.3 is 0 Å². The van der Waals surface area contributed by atoms with E-state index >= 15 is 0 Å². The average Bonchev–Trinajstić information content (AvgIpc) is 2.65. The van der Waals surface area contributed by atoms with Crippen molar-refractivity contribution in [3.8, 4) is 0 Å². The van der Waals surface area contributed by atoms with Crippen molar-refractivity contribution in [3.63, 3.8) is 0 Å². The van der Waals surface area contributed by atoms with E-state index in [1.54, 1.807) is 18.2 Å². The first kappa shape index (κ1) is 19.0. The van der Waals surface area contributed by atoms with Gasteiger partial charge in [0.2, 0.25) is 0 Å². The predicted octanol–water partition coefficient (Wildman–Crippen LogP) is 2.53. The highest BCUT2D eigenvalue weighted by Crippen LogP contribution is 2.21. The molecule has 8 nitrogen and oxygen atoms in total. The minimum Gasteiger partial charge on any atom is -0.283 e. The number of non-ortho nitro benzene ring substituents is 1. The van der Waals surface area contributed by atoms with Crippen LogP contribution in [0.2, 0.25) is 0 Å². The van der Waals surface area contributed by atoms with Gasteiger partial charge in [0.25, 0.3) is 21.5 Å². The second kappa shape index (κ2) is 7.70. The maximum absolute atomic E-state index is 12.7. The summed E-state index contributed by atoms with van der Waals surface area (Å²) in [6.07, 6.45) is 2.25. The average molecular weight is 374 g/mol. The summed E-state index contributed by atoms with van der Waals surface area (Å²) in [5.41, 5.74) is -0.251. The van der Waals surface area contributed by atoms with Gasteiger partial charge in [-0.15, -0.1) is 0 Å². The van der Waals surface area contributed by atoms with Crippen LogP contribution in [0, 0.1) is 10.1 Å². The van der Waals surface area contributed by atoms with E-state index in [1.807, 2.05) is 0 Å². The molecule has 0 saturated carbocycles. The van der Waals surface area contributed by atoms with E-state index in [2.05, 4.69) is 0 Å². The number of hydrogen-bond donors (Lipinski definition) is 0. The normalized spacial score (nSPS) is 11.3. The summed E-state index contributed by atoms with van der Waals surface area (Å²) in [6, 6.07) is 11.6. The number of rotatable bonds is 6. The molecule has 0 aliphatic carbocycles. The molecule has 1 amide bonds. The molecule has 0 radical (unpaired) electrons. The number of amides is 1. The first-order valence-electron chi connectivity index (χ1n) is 7.34. The summed E-state index contributed by atoms with van der Waals surface area (Å²) in [6.45, 7) is 1.48. The minimum absolute atomic E-state index is 0.0471. The van der Waals surface area contributed by atoms with Crippen molar-refractivity contribution >= 4 is 27.4 Å². The Labute approximate surface area is 149 Å². The van der Waals surface area contributed by atoms with Crippen molar-refractivity contribution in [3.05, 3.63) is 82.6 Å². The lowest BCUT2D eigenvalue weighted by Gasteiger charge is -2.17.